The number of nitrogens with zero attached hydrogens (tertiary/aromatic N) is 2. The normalized spacial score (nSPS) is 23.2. The molecule has 3 unspecified atom stereocenters. The first kappa shape index (κ1) is 27.5. The lowest BCUT2D eigenvalue weighted by molar-refractivity contribution is -0.134. The zero-order valence-electron chi connectivity index (χ0n) is 20.9. The number of morpholine rings is 1. The third kappa shape index (κ3) is 9.63. The summed E-state index contributed by atoms with van der Waals surface area (Å²) in [5, 5.41) is 6.69. The minimum absolute atomic E-state index is 0.0614. The van der Waals surface area contributed by atoms with Crippen molar-refractivity contribution in [2.75, 3.05) is 45.1 Å². The summed E-state index contributed by atoms with van der Waals surface area (Å²) < 4.78 is 32.8. The third-order valence-electron chi connectivity index (χ3n) is 6.25. The highest BCUT2D eigenvalue weighted by atomic mass is 32.2. The van der Waals surface area contributed by atoms with E-state index < -0.39 is 10.0 Å². The van der Waals surface area contributed by atoms with Crippen molar-refractivity contribution < 1.29 is 17.9 Å². The van der Waals surface area contributed by atoms with Gasteiger partial charge in [0.05, 0.1) is 24.5 Å². The number of carbonyl (C=O) groups excluding carboxylic acids is 1. The average Bonchev–Trinajstić information content (AvgIpc) is 2.73. The van der Waals surface area contributed by atoms with Crippen LogP contribution < -0.4 is 10.6 Å². The van der Waals surface area contributed by atoms with Gasteiger partial charge in [-0.2, -0.15) is 4.31 Å². The molecule has 0 aromatic rings. The lowest BCUT2D eigenvalue weighted by atomic mass is 10.1. The molecule has 32 heavy (non-hydrogen) atoms. The van der Waals surface area contributed by atoms with Gasteiger partial charge in [-0.15, -0.1) is 0 Å². The zero-order chi connectivity index (χ0) is 23.8. The molecule has 2 fully saturated rings. The SMILES string of the molecule is CC(CCCC1CN(S(=O)(=O)CCNC(C)(C)C)CCO1)NC(C)C(=O)N1CCCCC1. The lowest BCUT2D eigenvalue weighted by Crippen LogP contribution is -2.49. The Morgan fingerprint density at radius 2 is 1.81 bits per heavy atom. The lowest BCUT2D eigenvalue weighted by Gasteiger charge is -2.33. The third-order valence-corrected chi connectivity index (χ3v) is 8.08. The molecular weight excluding hydrogens is 428 g/mol. The van der Waals surface area contributed by atoms with Crippen molar-refractivity contribution >= 4 is 15.9 Å². The van der Waals surface area contributed by atoms with E-state index in [1.54, 1.807) is 4.31 Å². The van der Waals surface area contributed by atoms with Crippen LogP contribution in [-0.4, -0.2) is 92.3 Å². The Hall–Kier alpha value is -0.740. The summed E-state index contributed by atoms with van der Waals surface area (Å²) in [6.07, 6.45) is 6.06. The molecule has 0 aromatic carbocycles. The fraction of sp³-hybridized carbons (Fsp3) is 0.957. The molecule has 2 aliphatic rings. The molecule has 2 rings (SSSR count). The summed E-state index contributed by atoms with van der Waals surface area (Å²) in [7, 11) is -3.28. The molecule has 0 radical (unpaired) electrons. The van der Waals surface area contributed by atoms with E-state index in [1.165, 1.54) is 6.42 Å². The number of piperidine rings is 1. The van der Waals surface area contributed by atoms with Crippen LogP contribution in [0.5, 0.6) is 0 Å². The summed E-state index contributed by atoms with van der Waals surface area (Å²) in [6, 6.07) is 0.0574. The highest BCUT2D eigenvalue weighted by Crippen LogP contribution is 2.16. The first-order valence-electron chi connectivity index (χ1n) is 12.4. The van der Waals surface area contributed by atoms with E-state index in [0.717, 1.165) is 45.2 Å². The maximum Gasteiger partial charge on any atom is 0.239 e. The van der Waals surface area contributed by atoms with Gasteiger partial charge < -0.3 is 20.3 Å². The molecule has 2 heterocycles. The van der Waals surface area contributed by atoms with Gasteiger partial charge in [-0.25, -0.2) is 8.42 Å². The second-order valence-electron chi connectivity index (χ2n) is 10.4. The van der Waals surface area contributed by atoms with Crippen molar-refractivity contribution in [3.63, 3.8) is 0 Å². The van der Waals surface area contributed by atoms with E-state index in [0.29, 0.717) is 26.2 Å². The van der Waals surface area contributed by atoms with Crippen LogP contribution in [0.25, 0.3) is 0 Å². The minimum atomic E-state index is -3.28. The molecule has 2 aliphatic heterocycles. The Morgan fingerprint density at radius 1 is 1.12 bits per heavy atom. The van der Waals surface area contributed by atoms with Crippen molar-refractivity contribution in [2.24, 2.45) is 0 Å². The van der Waals surface area contributed by atoms with E-state index in [1.807, 2.05) is 32.6 Å². The summed E-state index contributed by atoms with van der Waals surface area (Å²) in [4.78, 5) is 14.6. The van der Waals surface area contributed by atoms with Crippen molar-refractivity contribution in [3.8, 4) is 0 Å². The fourth-order valence-electron chi connectivity index (χ4n) is 4.42. The molecule has 3 atom stereocenters. The maximum absolute atomic E-state index is 12.7. The highest BCUT2D eigenvalue weighted by Gasteiger charge is 2.29. The number of ether oxygens (including phenoxy) is 1. The Labute approximate surface area is 195 Å². The van der Waals surface area contributed by atoms with Crippen LogP contribution in [0, 0.1) is 0 Å². The summed E-state index contributed by atoms with van der Waals surface area (Å²) >= 11 is 0. The molecule has 188 valence electrons. The topological polar surface area (TPSA) is 91.0 Å². The van der Waals surface area contributed by atoms with Crippen LogP contribution in [0.4, 0.5) is 0 Å². The number of rotatable bonds is 11. The molecule has 9 heteroatoms. The molecule has 0 bridgehead atoms. The standard InChI is InChI=1S/C23H46N4O4S/c1-19(25-20(2)22(28)26-13-7-6-8-14-26)10-9-11-21-18-27(15-16-31-21)32(29,30)17-12-24-23(3,4)5/h19-21,24-25H,6-18H2,1-5H3. The second kappa shape index (κ2) is 12.6. The number of hydrogen-bond donors (Lipinski definition) is 2. The van der Waals surface area contributed by atoms with Gasteiger partial charge in [0.1, 0.15) is 0 Å². The van der Waals surface area contributed by atoms with Crippen LogP contribution in [0.2, 0.25) is 0 Å². The Kier molecular flexibility index (Phi) is 10.9. The van der Waals surface area contributed by atoms with Gasteiger partial charge in [0.15, 0.2) is 0 Å². The highest BCUT2D eigenvalue weighted by molar-refractivity contribution is 7.89. The van der Waals surface area contributed by atoms with E-state index in [4.69, 9.17) is 4.74 Å². The largest absolute Gasteiger partial charge is 0.375 e. The number of amides is 1. The fourth-order valence-corrected chi connectivity index (χ4v) is 5.79. The molecular formula is C23H46N4O4S. The van der Waals surface area contributed by atoms with Crippen LogP contribution in [0.3, 0.4) is 0 Å². The molecule has 2 saturated heterocycles. The van der Waals surface area contributed by atoms with Gasteiger partial charge in [0.25, 0.3) is 0 Å². The molecule has 2 N–H and O–H groups in total. The monoisotopic (exact) mass is 474 g/mol. The summed E-state index contributed by atoms with van der Waals surface area (Å²) in [5.41, 5.74) is -0.0936. The zero-order valence-corrected chi connectivity index (χ0v) is 21.7. The number of hydrogen-bond acceptors (Lipinski definition) is 6. The van der Waals surface area contributed by atoms with Crippen LogP contribution in [0.1, 0.15) is 73.1 Å². The maximum atomic E-state index is 12.7. The second-order valence-corrected chi connectivity index (χ2v) is 12.5. The predicted octanol–water partition coefficient (Wildman–Crippen LogP) is 1.95. The average molecular weight is 475 g/mol. The van der Waals surface area contributed by atoms with Gasteiger partial charge in [-0.3, -0.25) is 4.79 Å². The Bertz CT molecular complexity index is 674. The van der Waals surface area contributed by atoms with Crippen molar-refractivity contribution in [1.82, 2.24) is 19.8 Å². The van der Waals surface area contributed by atoms with Gasteiger partial charge in [-0.05, 0) is 73.1 Å². The van der Waals surface area contributed by atoms with Crippen molar-refractivity contribution in [1.29, 1.82) is 0 Å². The molecule has 8 nitrogen and oxygen atoms in total. The van der Waals surface area contributed by atoms with Gasteiger partial charge in [-0.1, -0.05) is 0 Å². The number of carbonyl (C=O) groups is 1. The van der Waals surface area contributed by atoms with E-state index in [9.17, 15) is 13.2 Å². The summed E-state index contributed by atoms with van der Waals surface area (Å²) in [5.74, 6) is 0.315. The molecule has 0 spiro atoms. The first-order valence-corrected chi connectivity index (χ1v) is 14.0. The quantitative estimate of drug-likeness (QED) is 0.476. The first-order chi connectivity index (χ1) is 15.0. The van der Waals surface area contributed by atoms with Crippen LogP contribution >= 0.6 is 0 Å². The Balaban J connectivity index is 1.69. The molecule has 0 saturated carbocycles. The molecule has 1 amide bonds. The predicted molar refractivity (Wildman–Crippen MR) is 129 cm³/mol. The van der Waals surface area contributed by atoms with Gasteiger partial charge in [0, 0.05) is 44.3 Å². The van der Waals surface area contributed by atoms with E-state index in [-0.39, 0.29) is 35.4 Å². The molecule has 0 aromatic heterocycles. The van der Waals surface area contributed by atoms with Gasteiger partial charge in [0.2, 0.25) is 15.9 Å². The van der Waals surface area contributed by atoms with Crippen molar-refractivity contribution in [3.05, 3.63) is 0 Å². The van der Waals surface area contributed by atoms with Crippen molar-refractivity contribution in [2.45, 2.75) is 96.9 Å². The smallest absolute Gasteiger partial charge is 0.239 e. The van der Waals surface area contributed by atoms with Crippen LogP contribution in [0.15, 0.2) is 0 Å². The Morgan fingerprint density at radius 3 is 2.47 bits per heavy atom. The van der Waals surface area contributed by atoms with E-state index in [2.05, 4.69) is 17.6 Å². The van der Waals surface area contributed by atoms with Crippen LogP contribution in [-0.2, 0) is 19.6 Å². The number of nitrogens with one attached hydrogen (secondary N) is 2. The number of likely N-dealkylation sites (tertiary alicyclic amines) is 1. The summed E-state index contributed by atoms with van der Waals surface area (Å²) in [6.45, 7) is 13.7. The minimum Gasteiger partial charge on any atom is -0.375 e. The van der Waals surface area contributed by atoms with E-state index >= 15 is 0 Å². The van der Waals surface area contributed by atoms with Gasteiger partial charge >= 0.3 is 0 Å². The number of sulfonamides is 1. The molecule has 0 aliphatic carbocycles.